The minimum absolute atomic E-state index is 0.181. The average Bonchev–Trinajstić information content (AvgIpc) is 2.74. The Bertz CT molecular complexity index is 1020. The van der Waals surface area contributed by atoms with Crippen molar-refractivity contribution in [2.24, 2.45) is 5.92 Å². The Morgan fingerprint density at radius 3 is 2.42 bits per heavy atom. The van der Waals surface area contributed by atoms with Crippen molar-refractivity contribution in [3.8, 4) is 11.6 Å². The zero-order valence-electron chi connectivity index (χ0n) is 18.2. The third kappa shape index (κ3) is 6.99. The van der Waals surface area contributed by atoms with Crippen LogP contribution in [0.15, 0.2) is 53.6 Å². The van der Waals surface area contributed by atoms with E-state index < -0.39 is 41.1 Å². The number of hydrogen-bond acceptors (Lipinski definition) is 8. The molecule has 0 saturated heterocycles. The first-order valence-electron chi connectivity index (χ1n) is 10.7. The minimum atomic E-state index is -4.23. The highest BCUT2D eigenvalue weighted by molar-refractivity contribution is 7.89. The van der Waals surface area contributed by atoms with Gasteiger partial charge in [-0.05, 0) is 37.5 Å². The number of hydrogen-bond donors (Lipinski definition) is 5. The van der Waals surface area contributed by atoms with Crippen LogP contribution >= 0.6 is 0 Å². The van der Waals surface area contributed by atoms with E-state index in [-0.39, 0.29) is 16.7 Å². The first-order chi connectivity index (χ1) is 15.7. The summed E-state index contributed by atoms with van der Waals surface area (Å²) in [5.41, 5.74) is 0. The minimum Gasteiger partial charge on any atom is -0.439 e. The fourth-order valence-corrected chi connectivity index (χ4v) is 4.63. The molecule has 1 aliphatic rings. The number of nitrogens with one attached hydrogen (secondary N) is 2. The standard InChI is InChI=1S/C21H28BN3O7S/c1-14(26)20(21(27)24-18(22(28)29)12-15-6-5-7-15)25-33(30,31)17-10-11-19(23-13-17)32-16-8-3-2-4-9-16/h2-4,8-11,13-15,18,20,25-26,28-29H,5-7,12H2,1H3,(H,24,27)/t14?,18-,20-/m0/s1. The van der Waals surface area contributed by atoms with Gasteiger partial charge in [0, 0.05) is 6.07 Å². The Labute approximate surface area is 193 Å². The number of carbonyl (C=O) groups excluding carboxylic acids is 1. The zero-order chi connectivity index (χ0) is 24.0. The number of para-hydroxylation sites is 1. The molecule has 33 heavy (non-hydrogen) atoms. The van der Waals surface area contributed by atoms with Gasteiger partial charge >= 0.3 is 7.12 Å². The number of amides is 1. The Morgan fingerprint density at radius 1 is 1.21 bits per heavy atom. The smallest absolute Gasteiger partial charge is 0.439 e. The van der Waals surface area contributed by atoms with Crippen molar-refractivity contribution in [3.05, 3.63) is 48.7 Å². The first-order valence-corrected chi connectivity index (χ1v) is 12.2. The van der Waals surface area contributed by atoms with Gasteiger partial charge < -0.3 is 25.2 Å². The van der Waals surface area contributed by atoms with Gasteiger partial charge in [0.15, 0.2) is 0 Å². The first kappa shape index (κ1) is 25.1. The molecule has 0 radical (unpaired) electrons. The number of nitrogens with zero attached hydrogens (tertiary/aromatic N) is 1. The number of sulfonamides is 1. The van der Waals surface area contributed by atoms with Gasteiger partial charge in [-0.15, -0.1) is 0 Å². The number of carbonyl (C=O) groups is 1. The van der Waals surface area contributed by atoms with Crippen LogP contribution in [-0.2, 0) is 14.8 Å². The summed E-state index contributed by atoms with van der Waals surface area (Å²) in [6, 6.07) is 9.93. The van der Waals surface area contributed by atoms with Crippen LogP contribution in [0.4, 0.5) is 0 Å². The molecule has 0 spiro atoms. The van der Waals surface area contributed by atoms with E-state index in [1.54, 1.807) is 24.3 Å². The molecule has 1 fully saturated rings. The molecule has 3 rings (SSSR count). The summed E-state index contributed by atoms with van der Waals surface area (Å²) >= 11 is 0. The molecule has 1 amide bonds. The van der Waals surface area contributed by atoms with Crippen molar-refractivity contribution in [1.29, 1.82) is 0 Å². The molecule has 1 aromatic carbocycles. The molecule has 1 aliphatic carbocycles. The molecule has 1 heterocycles. The van der Waals surface area contributed by atoms with Crippen molar-refractivity contribution in [2.75, 3.05) is 0 Å². The van der Waals surface area contributed by atoms with E-state index in [2.05, 4.69) is 15.0 Å². The molecular formula is C21H28BN3O7S. The lowest BCUT2D eigenvalue weighted by atomic mass is 9.69. The zero-order valence-corrected chi connectivity index (χ0v) is 19.0. The molecule has 1 aromatic heterocycles. The van der Waals surface area contributed by atoms with Crippen molar-refractivity contribution >= 4 is 23.0 Å². The third-order valence-corrected chi connectivity index (χ3v) is 6.96. The molecule has 178 valence electrons. The summed E-state index contributed by atoms with van der Waals surface area (Å²) in [5, 5.41) is 31.7. The van der Waals surface area contributed by atoms with Crippen molar-refractivity contribution in [1.82, 2.24) is 15.0 Å². The number of aliphatic hydroxyl groups excluding tert-OH is 1. The molecule has 5 N–H and O–H groups in total. The molecule has 1 unspecified atom stereocenters. The van der Waals surface area contributed by atoms with Crippen molar-refractivity contribution < 1.29 is 33.1 Å². The molecule has 10 nitrogen and oxygen atoms in total. The Kier molecular flexibility index (Phi) is 8.43. The Hall–Kier alpha value is -2.51. The third-order valence-electron chi connectivity index (χ3n) is 5.53. The number of benzene rings is 1. The highest BCUT2D eigenvalue weighted by atomic mass is 32.2. The van der Waals surface area contributed by atoms with Crippen LogP contribution in [0.1, 0.15) is 32.6 Å². The van der Waals surface area contributed by atoms with E-state index in [0.29, 0.717) is 12.2 Å². The second-order valence-corrected chi connectivity index (χ2v) is 9.86. The van der Waals surface area contributed by atoms with E-state index in [1.165, 1.54) is 19.1 Å². The molecular weight excluding hydrogens is 449 g/mol. The van der Waals surface area contributed by atoms with Crippen LogP contribution in [0, 0.1) is 5.92 Å². The number of ether oxygens (including phenoxy) is 1. The van der Waals surface area contributed by atoms with Crippen LogP contribution in [0.2, 0.25) is 0 Å². The van der Waals surface area contributed by atoms with E-state index in [4.69, 9.17) is 4.74 Å². The second kappa shape index (κ2) is 11.1. The quantitative estimate of drug-likeness (QED) is 0.294. The highest BCUT2D eigenvalue weighted by Gasteiger charge is 2.35. The van der Waals surface area contributed by atoms with Gasteiger partial charge in [0.25, 0.3) is 0 Å². The van der Waals surface area contributed by atoms with E-state index in [1.807, 2.05) is 6.07 Å². The SMILES string of the molecule is CC(O)[C@H](NS(=O)(=O)c1ccc(Oc2ccccc2)nc1)C(=O)N[C@@H](CC1CCC1)B(O)O. The van der Waals surface area contributed by atoms with Crippen LogP contribution in [0.25, 0.3) is 0 Å². The fourth-order valence-electron chi connectivity index (χ4n) is 3.42. The topological polar surface area (TPSA) is 158 Å². The number of aromatic nitrogens is 1. The highest BCUT2D eigenvalue weighted by Crippen LogP contribution is 2.30. The lowest BCUT2D eigenvalue weighted by molar-refractivity contribution is -0.125. The maximum absolute atomic E-state index is 12.8. The van der Waals surface area contributed by atoms with E-state index in [0.717, 1.165) is 25.5 Å². The molecule has 0 aliphatic heterocycles. The number of aliphatic hydroxyl groups is 1. The van der Waals surface area contributed by atoms with Gasteiger partial charge in [0.2, 0.25) is 21.8 Å². The predicted molar refractivity (Wildman–Crippen MR) is 121 cm³/mol. The summed E-state index contributed by atoms with van der Waals surface area (Å²) < 4.78 is 33.3. The monoisotopic (exact) mass is 477 g/mol. The van der Waals surface area contributed by atoms with E-state index in [9.17, 15) is 28.4 Å². The number of pyridine rings is 1. The summed E-state index contributed by atoms with van der Waals surface area (Å²) in [6.45, 7) is 1.26. The van der Waals surface area contributed by atoms with Gasteiger partial charge in [-0.3, -0.25) is 4.79 Å². The van der Waals surface area contributed by atoms with Crippen molar-refractivity contribution in [2.45, 2.75) is 55.6 Å². The van der Waals surface area contributed by atoms with Gasteiger partial charge in [-0.25, -0.2) is 13.4 Å². The average molecular weight is 477 g/mol. The maximum Gasteiger partial charge on any atom is 0.475 e. The van der Waals surface area contributed by atoms with Crippen LogP contribution in [-0.4, -0.2) is 59.7 Å². The van der Waals surface area contributed by atoms with Crippen molar-refractivity contribution in [3.63, 3.8) is 0 Å². The molecule has 12 heteroatoms. The molecule has 2 aromatic rings. The largest absolute Gasteiger partial charge is 0.475 e. The second-order valence-electron chi connectivity index (χ2n) is 8.15. The summed E-state index contributed by atoms with van der Waals surface area (Å²) in [4.78, 5) is 16.5. The van der Waals surface area contributed by atoms with Crippen LogP contribution in [0.5, 0.6) is 11.6 Å². The number of rotatable bonds is 11. The normalized spacial score (nSPS) is 16.8. The fraction of sp³-hybridized carbons (Fsp3) is 0.429. The lowest BCUT2D eigenvalue weighted by Gasteiger charge is -2.31. The summed E-state index contributed by atoms with van der Waals surface area (Å²) in [7, 11) is -6.03. The van der Waals surface area contributed by atoms with Gasteiger partial charge in [0.1, 0.15) is 16.7 Å². The van der Waals surface area contributed by atoms with Gasteiger partial charge in [0.05, 0.1) is 18.2 Å². The van der Waals surface area contributed by atoms with Crippen LogP contribution < -0.4 is 14.8 Å². The molecule has 1 saturated carbocycles. The summed E-state index contributed by atoms with van der Waals surface area (Å²) in [5.74, 6) is -0.845. The maximum atomic E-state index is 12.8. The molecule has 0 bridgehead atoms. The van der Waals surface area contributed by atoms with Crippen LogP contribution in [0.3, 0.4) is 0 Å². The molecule has 3 atom stereocenters. The predicted octanol–water partition coefficient (Wildman–Crippen LogP) is 0.589. The lowest BCUT2D eigenvalue weighted by Crippen LogP contribution is -2.57. The Balaban J connectivity index is 1.67. The van der Waals surface area contributed by atoms with E-state index >= 15 is 0 Å². The van der Waals surface area contributed by atoms with Gasteiger partial charge in [-0.2, -0.15) is 4.72 Å². The van der Waals surface area contributed by atoms with Gasteiger partial charge in [-0.1, -0.05) is 37.5 Å². The summed E-state index contributed by atoms with van der Waals surface area (Å²) in [6.07, 6.45) is 2.97. The Morgan fingerprint density at radius 2 is 1.91 bits per heavy atom.